The standard InChI is InChI=1S/C16H17N3O3/c1-21-13-4-3-9(7-14(13)22-2)10-5-11-15(12(20)6-10)16(17)19-8-18-11/h3-4,7-8,10H,5-6H2,1-2H3,(H2,17,18,19)/t10-/m1/s1. The topological polar surface area (TPSA) is 87.3 Å². The van der Waals surface area contributed by atoms with Crippen LogP contribution in [0.4, 0.5) is 5.82 Å². The molecule has 114 valence electrons. The van der Waals surface area contributed by atoms with Gasteiger partial charge in [0.15, 0.2) is 17.3 Å². The number of ketones is 1. The second kappa shape index (κ2) is 5.63. The number of Topliss-reactive ketones (excluding diaryl/α,β-unsaturated/α-hetero) is 1. The lowest BCUT2D eigenvalue weighted by molar-refractivity contribution is 0.0963. The summed E-state index contributed by atoms with van der Waals surface area (Å²) in [5, 5.41) is 0. The van der Waals surface area contributed by atoms with Gasteiger partial charge in [0.1, 0.15) is 12.1 Å². The second-order valence-corrected chi connectivity index (χ2v) is 5.22. The molecule has 2 N–H and O–H groups in total. The molecule has 0 unspecified atom stereocenters. The Morgan fingerprint density at radius 2 is 1.91 bits per heavy atom. The number of ether oxygens (including phenoxy) is 2. The van der Waals surface area contributed by atoms with Crippen LogP contribution in [0.5, 0.6) is 11.5 Å². The van der Waals surface area contributed by atoms with Crippen LogP contribution in [0.3, 0.4) is 0 Å². The van der Waals surface area contributed by atoms with Gasteiger partial charge in [-0.05, 0) is 30.0 Å². The van der Waals surface area contributed by atoms with Crippen LogP contribution in [0.15, 0.2) is 24.5 Å². The van der Waals surface area contributed by atoms with Crippen molar-refractivity contribution in [3.05, 3.63) is 41.3 Å². The lowest BCUT2D eigenvalue weighted by Gasteiger charge is -2.24. The number of nitrogens with two attached hydrogens (primary N) is 1. The summed E-state index contributed by atoms with van der Waals surface area (Å²) in [5.74, 6) is 1.62. The SMILES string of the molecule is COc1ccc([C@H]2CC(=O)c3c(N)ncnc3C2)cc1OC. The van der Waals surface area contributed by atoms with Gasteiger partial charge in [-0.2, -0.15) is 0 Å². The zero-order valence-corrected chi connectivity index (χ0v) is 12.5. The van der Waals surface area contributed by atoms with E-state index in [-0.39, 0.29) is 17.5 Å². The van der Waals surface area contributed by atoms with Crippen LogP contribution in [0.25, 0.3) is 0 Å². The Hall–Kier alpha value is -2.63. The number of hydrogen-bond acceptors (Lipinski definition) is 6. The smallest absolute Gasteiger partial charge is 0.169 e. The summed E-state index contributed by atoms with van der Waals surface area (Å²) in [6, 6.07) is 5.71. The Labute approximate surface area is 128 Å². The van der Waals surface area contributed by atoms with E-state index >= 15 is 0 Å². The van der Waals surface area contributed by atoms with Crippen LogP contribution < -0.4 is 15.2 Å². The molecule has 6 heteroatoms. The molecule has 1 aromatic heterocycles. The molecule has 0 amide bonds. The number of aromatic nitrogens is 2. The first kappa shape index (κ1) is 14.3. The highest BCUT2D eigenvalue weighted by atomic mass is 16.5. The van der Waals surface area contributed by atoms with Crippen molar-refractivity contribution in [1.29, 1.82) is 0 Å². The Balaban J connectivity index is 1.96. The highest BCUT2D eigenvalue weighted by Crippen LogP contribution is 2.37. The van der Waals surface area contributed by atoms with Gasteiger partial charge in [-0.25, -0.2) is 9.97 Å². The van der Waals surface area contributed by atoms with E-state index in [2.05, 4.69) is 9.97 Å². The normalized spacial score (nSPS) is 17.0. The number of rotatable bonds is 3. The highest BCUT2D eigenvalue weighted by Gasteiger charge is 2.29. The average Bonchev–Trinajstić information content (AvgIpc) is 2.53. The van der Waals surface area contributed by atoms with Crippen LogP contribution in [0, 0.1) is 0 Å². The molecular formula is C16H17N3O3. The number of benzene rings is 1. The maximum Gasteiger partial charge on any atom is 0.169 e. The van der Waals surface area contributed by atoms with E-state index in [1.807, 2.05) is 18.2 Å². The summed E-state index contributed by atoms with van der Waals surface area (Å²) in [4.78, 5) is 20.5. The number of fused-ring (bicyclic) bond motifs is 1. The van der Waals surface area contributed by atoms with E-state index in [0.717, 1.165) is 5.56 Å². The van der Waals surface area contributed by atoms with Crippen LogP contribution in [-0.4, -0.2) is 30.0 Å². The fourth-order valence-electron chi connectivity index (χ4n) is 2.87. The molecule has 1 aliphatic carbocycles. The van der Waals surface area contributed by atoms with Gasteiger partial charge in [0.25, 0.3) is 0 Å². The van der Waals surface area contributed by atoms with Gasteiger partial charge in [-0.3, -0.25) is 4.79 Å². The molecular weight excluding hydrogens is 282 g/mol. The monoisotopic (exact) mass is 299 g/mol. The van der Waals surface area contributed by atoms with Crippen molar-refractivity contribution >= 4 is 11.6 Å². The van der Waals surface area contributed by atoms with Crippen molar-refractivity contribution in [1.82, 2.24) is 9.97 Å². The molecule has 22 heavy (non-hydrogen) atoms. The third kappa shape index (κ3) is 2.36. The molecule has 1 aliphatic rings. The Morgan fingerprint density at radius 3 is 2.64 bits per heavy atom. The molecule has 3 rings (SSSR count). The van der Waals surface area contributed by atoms with Crippen molar-refractivity contribution in [2.75, 3.05) is 20.0 Å². The van der Waals surface area contributed by atoms with Crippen molar-refractivity contribution in [2.24, 2.45) is 0 Å². The van der Waals surface area contributed by atoms with Gasteiger partial charge in [0, 0.05) is 6.42 Å². The van der Waals surface area contributed by atoms with E-state index in [1.54, 1.807) is 14.2 Å². The van der Waals surface area contributed by atoms with Crippen LogP contribution in [0.1, 0.15) is 34.0 Å². The van der Waals surface area contributed by atoms with Crippen LogP contribution in [-0.2, 0) is 6.42 Å². The maximum atomic E-state index is 12.4. The lowest BCUT2D eigenvalue weighted by Crippen LogP contribution is -2.22. The molecule has 0 bridgehead atoms. The number of carbonyl (C=O) groups is 1. The first-order chi connectivity index (χ1) is 10.6. The zero-order valence-electron chi connectivity index (χ0n) is 12.5. The van der Waals surface area contributed by atoms with Gasteiger partial charge >= 0.3 is 0 Å². The van der Waals surface area contributed by atoms with E-state index in [1.165, 1.54) is 6.33 Å². The maximum absolute atomic E-state index is 12.4. The van der Waals surface area contributed by atoms with E-state index in [4.69, 9.17) is 15.2 Å². The molecule has 1 aromatic carbocycles. The first-order valence-corrected chi connectivity index (χ1v) is 6.98. The predicted octanol–water partition coefficient (Wildman–Crippen LogP) is 1.99. The minimum atomic E-state index is -0.0147. The summed E-state index contributed by atoms with van der Waals surface area (Å²) in [6.45, 7) is 0. The second-order valence-electron chi connectivity index (χ2n) is 5.22. The molecule has 0 spiro atoms. The fourth-order valence-corrected chi connectivity index (χ4v) is 2.87. The first-order valence-electron chi connectivity index (χ1n) is 6.98. The zero-order chi connectivity index (χ0) is 15.7. The molecule has 6 nitrogen and oxygen atoms in total. The highest BCUT2D eigenvalue weighted by molar-refractivity contribution is 6.02. The predicted molar refractivity (Wildman–Crippen MR) is 81.4 cm³/mol. The quantitative estimate of drug-likeness (QED) is 0.932. The number of anilines is 1. The van der Waals surface area contributed by atoms with Crippen LogP contribution >= 0.6 is 0 Å². The largest absolute Gasteiger partial charge is 0.493 e. The van der Waals surface area contributed by atoms with Crippen molar-refractivity contribution in [2.45, 2.75) is 18.8 Å². The molecule has 0 saturated heterocycles. The summed E-state index contributed by atoms with van der Waals surface area (Å²) >= 11 is 0. The molecule has 2 aromatic rings. The Bertz CT molecular complexity index is 731. The van der Waals surface area contributed by atoms with E-state index in [9.17, 15) is 4.79 Å². The molecule has 0 fully saturated rings. The summed E-state index contributed by atoms with van der Waals surface area (Å²) in [7, 11) is 3.19. The van der Waals surface area contributed by atoms with Gasteiger partial charge in [-0.1, -0.05) is 6.07 Å². The summed E-state index contributed by atoms with van der Waals surface area (Å²) in [6.07, 6.45) is 2.45. The number of methoxy groups -OCH3 is 2. The van der Waals surface area contributed by atoms with Gasteiger partial charge < -0.3 is 15.2 Å². The van der Waals surface area contributed by atoms with E-state index < -0.39 is 0 Å². The minimum Gasteiger partial charge on any atom is -0.493 e. The average molecular weight is 299 g/mol. The molecule has 0 saturated carbocycles. The number of hydrogen-bond donors (Lipinski definition) is 1. The van der Waals surface area contributed by atoms with Gasteiger partial charge in [-0.15, -0.1) is 0 Å². The van der Waals surface area contributed by atoms with Crippen molar-refractivity contribution in [3.8, 4) is 11.5 Å². The molecule has 1 atom stereocenters. The van der Waals surface area contributed by atoms with Gasteiger partial charge in [0.2, 0.25) is 0 Å². The number of carbonyl (C=O) groups excluding carboxylic acids is 1. The van der Waals surface area contributed by atoms with Crippen molar-refractivity contribution in [3.63, 3.8) is 0 Å². The summed E-state index contributed by atoms with van der Waals surface area (Å²) < 4.78 is 10.6. The van der Waals surface area contributed by atoms with Gasteiger partial charge in [0.05, 0.1) is 25.5 Å². The molecule has 1 heterocycles. The third-order valence-corrected chi connectivity index (χ3v) is 3.98. The fraction of sp³-hybridized carbons (Fsp3) is 0.312. The molecule has 0 aliphatic heterocycles. The van der Waals surface area contributed by atoms with Crippen LogP contribution in [0.2, 0.25) is 0 Å². The minimum absolute atomic E-state index is 0.0147. The summed E-state index contributed by atoms with van der Waals surface area (Å²) in [5.41, 5.74) is 8.00. The lowest BCUT2D eigenvalue weighted by atomic mass is 9.81. The Kier molecular flexibility index (Phi) is 3.66. The van der Waals surface area contributed by atoms with Crippen molar-refractivity contribution < 1.29 is 14.3 Å². The van der Waals surface area contributed by atoms with E-state index in [0.29, 0.717) is 35.6 Å². The number of nitrogen functional groups attached to an aromatic ring is 1. The molecule has 0 radical (unpaired) electrons. The Morgan fingerprint density at radius 1 is 1.14 bits per heavy atom. The third-order valence-electron chi connectivity index (χ3n) is 3.98. The number of nitrogens with zero attached hydrogens (tertiary/aromatic N) is 2.